The van der Waals surface area contributed by atoms with Gasteiger partial charge < -0.3 is 10.7 Å². The van der Waals surface area contributed by atoms with Crippen LogP contribution in [0, 0.1) is 5.92 Å². The number of nitrogens with two attached hydrogens (primary N) is 1. The molecule has 0 atom stereocenters. The Morgan fingerprint density at radius 2 is 2.06 bits per heavy atom. The molecule has 0 saturated heterocycles. The average molecular weight is 243 g/mol. The molecule has 1 aliphatic carbocycles. The third kappa shape index (κ3) is 2.20. The second kappa shape index (κ2) is 4.76. The smallest absolute Gasteiger partial charge is 0.222 e. The van der Waals surface area contributed by atoms with Crippen LogP contribution in [-0.4, -0.2) is 19.9 Å². The molecular weight excluding hydrogens is 226 g/mol. The zero-order valence-corrected chi connectivity index (χ0v) is 10.3. The molecule has 1 saturated carbocycles. The number of aromatic nitrogens is 4. The Labute approximate surface area is 106 Å². The summed E-state index contributed by atoms with van der Waals surface area (Å²) < 4.78 is 0. The fourth-order valence-electron chi connectivity index (χ4n) is 2.55. The summed E-state index contributed by atoms with van der Waals surface area (Å²) in [7, 11) is 0. The molecule has 1 aliphatic rings. The van der Waals surface area contributed by atoms with Crippen molar-refractivity contribution in [2.75, 3.05) is 5.73 Å². The molecule has 2 aromatic rings. The number of H-pyrrole nitrogens is 1. The number of aromatic amines is 1. The summed E-state index contributed by atoms with van der Waals surface area (Å²) in [5.74, 6) is 0.950. The molecular formula is C13H17N5. The van der Waals surface area contributed by atoms with Crippen LogP contribution in [0.4, 0.5) is 5.95 Å². The molecule has 0 spiro atoms. The van der Waals surface area contributed by atoms with Gasteiger partial charge in [-0.1, -0.05) is 25.3 Å². The van der Waals surface area contributed by atoms with Crippen LogP contribution in [0.15, 0.2) is 12.4 Å². The minimum Gasteiger partial charge on any atom is -0.368 e. The number of anilines is 1. The number of fused-ring (bicyclic) bond motifs is 1. The highest BCUT2D eigenvalue weighted by molar-refractivity contribution is 5.80. The number of nitrogens with one attached hydrogen (secondary N) is 1. The van der Waals surface area contributed by atoms with Crippen molar-refractivity contribution >= 4 is 23.2 Å². The highest BCUT2D eigenvalue weighted by Crippen LogP contribution is 2.25. The molecule has 94 valence electrons. The molecule has 5 heteroatoms. The van der Waals surface area contributed by atoms with Crippen LogP contribution in [0.2, 0.25) is 0 Å². The largest absolute Gasteiger partial charge is 0.368 e. The molecule has 18 heavy (non-hydrogen) atoms. The Morgan fingerprint density at radius 3 is 2.89 bits per heavy atom. The summed E-state index contributed by atoms with van der Waals surface area (Å²) in [6.07, 6.45) is 12.5. The first-order valence-electron chi connectivity index (χ1n) is 6.48. The molecule has 2 heterocycles. The van der Waals surface area contributed by atoms with E-state index in [2.05, 4.69) is 32.1 Å². The van der Waals surface area contributed by atoms with Crippen molar-refractivity contribution in [2.24, 2.45) is 5.92 Å². The minimum atomic E-state index is 0.276. The second-order valence-corrected chi connectivity index (χ2v) is 4.83. The van der Waals surface area contributed by atoms with E-state index < -0.39 is 0 Å². The summed E-state index contributed by atoms with van der Waals surface area (Å²) in [6, 6.07) is 0. The maximum absolute atomic E-state index is 5.68. The summed E-state index contributed by atoms with van der Waals surface area (Å²) in [4.78, 5) is 15.5. The Bertz CT molecular complexity index is 566. The van der Waals surface area contributed by atoms with Crippen LogP contribution < -0.4 is 5.73 Å². The van der Waals surface area contributed by atoms with Gasteiger partial charge in [0.1, 0.15) is 5.52 Å². The Hall–Kier alpha value is -1.91. The van der Waals surface area contributed by atoms with E-state index >= 15 is 0 Å². The number of allylic oxidation sites excluding steroid dienone is 1. The Kier molecular flexibility index (Phi) is 2.96. The second-order valence-electron chi connectivity index (χ2n) is 4.83. The molecule has 0 bridgehead atoms. The minimum absolute atomic E-state index is 0.276. The van der Waals surface area contributed by atoms with Gasteiger partial charge in [-0.25, -0.2) is 9.97 Å². The van der Waals surface area contributed by atoms with Crippen LogP contribution in [-0.2, 0) is 0 Å². The van der Waals surface area contributed by atoms with Crippen molar-refractivity contribution in [3.05, 3.63) is 18.1 Å². The molecule has 3 N–H and O–H groups in total. The van der Waals surface area contributed by atoms with Crippen molar-refractivity contribution in [1.82, 2.24) is 19.9 Å². The first kappa shape index (κ1) is 11.2. The lowest BCUT2D eigenvalue weighted by molar-refractivity contribution is 0.420. The lowest BCUT2D eigenvalue weighted by Gasteiger charge is -2.17. The van der Waals surface area contributed by atoms with Crippen molar-refractivity contribution in [2.45, 2.75) is 32.1 Å². The molecule has 0 unspecified atom stereocenters. The van der Waals surface area contributed by atoms with E-state index in [4.69, 9.17) is 5.73 Å². The predicted octanol–water partition coefficient (Wildman–Crippen LogP) is 2.53. The van der Waals surface area contributed by atoms with Crippen LogP contribution in [0.25, 0.3) is 17.2 Å². The number of rotatable bonds is 2. The van der Waals surface area contributed by atoms with Gasteiger partial charge in [-0.15, -0.1) is 0 Å². The van der Waals surface area contributed by atoms with Crippen LogP contribution in [0.5, 0.6) is 0 Å². The van der Waals surface area contributed by atoms with Gasteiger partial charge >= 0.3 is 0 Å². The van der Waals surface area contributed by atoms with E-state index in [-0.39, 0.29) is 5.95 Å². The van der Waals surface area contributed by atoms with E-state index in [0.29, 0.717) is 11.6 Å². The molecule has 0 radical (unpaired) electrons. The van der Waals surface area contributed by atoms with Crippen LogP contribution in [0.3, 0.4) is 0 Å². The first-order chi connectivity index (χ1) is 8.83. The maximum atomic E-state index is 5.68. The molecule has 0 aromatic carbocycles. The maximum Gasteiger partial charge on any atom is 0.222 e. The predicted molar refractivity (Wildman–Crippen MR) is 71.7 cm³/mol. The number of nitrogen functional groups attached to an aromatic ring is 1. The highest BCUT2D eigenvalue weighted by Gasteiger charge is 2.11. The topological polar surface area (TPSA) is 80.5 Å². The Balaban J connectivity index is 1.89. The van der Waals surface area contributed by atoms with Gasteiger partial charge in [0, 0.05) is 0 Å². The SMILES string of the molecule is Nc1nc(C=CC2CCCCC2)c2[nH]cnc2n1. The third-order valence-corrected chi connectivity index (χ3v) is 3.51. The quantitative estimate of drug-likeness (QED) is 0.849. The monoisotopic (exact) mass is 243 g/mol. The fourth-order valence-corrected chi connectivity index (χ4v) is 2.55. The zero-order valence-electron chi connectivity index (χ0n) is 10.3. The highest BCUT2D eigenvalue weighted by atomic mass is 15.1. The average Bonchev–Trinajstić information content (AvgIpc) is 2.85. The van der Waals surface area contributed by atoms with Crippen molar-refractivity contribution < 1.29 is 0 Å². The number of imidazole rings is 1. The van der Waals surface area contributed by atoms with Crippen molar-refractivity contribution in [3.63, 3.8) is 0 Å². The Morgan fingerprint density at radius 1 is 1.22 bits per heavy atom. The van der Waals surface area contributed by atoms with Crippen molar-refractivity contribution in [3.8, 4) is 0 Å². The normalized spacial score (nSPS) is 17.8. The number of nitrogens with zero attached hydrogens (tertiary/aromatic N) is 3. The van der Waals surface area contributed by atoms with E-state index in [1.165, 1.54) is 32.1 Å². The van der Waals surface area contributed by atoms with E-state index in [1.807, 2.05) is 0 Å². The molecule has 5 nitrogen and oxygen atoms in total. The number of hydrogen-bond acceptors (Lipinski definition) is 4. The van der Waals surface area contributed by atoms with E-state index in [9.17, 15) is 0 Å². The molecule has 1 fully saturated rings. The molecule has 0 amide bonds. The first-order valence-corrected chi connectivity index (χ1v) is 6.48. The summed E-state index contributed by atoms with van der Waals surface area (Å²) >= 11 is 0. The van der Waals surface area contributed by atoms with Gasteiger partial charge in [0.05, 0.1) is 12.0 Å². The molecule has 2 aromatic heterocycles. The van der Waals surface area contributed by atoms with Gasteiger partial charge in [0.2, 0.25) is 5.95 Å². The van der Waals surface area contributed by atoms with Crippen LogP contribution in [0.1, 0.15) is 37.8 Å². The van der Waals surface area contributed by atoms with Crippen LogP contribution >= 0.6 is 0 Å². The third-order valence-electron chi connectivity index (χ3n) is 3.51. The fraction of sp³-hybridized carbons (Fsp3) is 0.462. The van der Waals surface area contributed by atoms with Gasteiger partial charge in [0.25, 0.3) is 0 Å². The summed E-state index contributed by atoms with van der Waals surface area (Å²) in [5.41, 5.74) is 8.00. The molecule has 0 aliphatic heterocycles. The van der Waals surface area contributed by atoms with E-state index in [0.717, 1.165) is 11.2 Å². The summed E-state index contributed by atoms with van der Waals surface area (Å²) in [6.45, 7) is 0. The standard InChI is InChI=1S/C13H17N5/c14-13-17-10(11-12(18-13)16-8-15-11)7-6-9-4-2-1-3-5-9/h6-9H,1-5H2,(H3,14,15,16,17,18). The van der Waals surface area contributed by atoms with E-state index in [1.54, 1.807) is 6.33 Å². The number of hydrogen-bond donors (Lipinski definition) is 2. The van der Waals surface area contributed by atoms with Crippen molar-refractivity contribution in [1.29, 1.82) is 0 Å². The van der Waals surface area contributed by atoms with Gasteiger partial charge in [0.15, 0.2) is 5.65 Å². The van der Waals surface area contributed by atoms with Gasteiger partial charge in [-0.05, 0) is 24.8 Å². The lowest BCUT2D eigenvalue weighted by Crippen LogP contribution is -2.03. The van der Waals surface area contributed by atoms with Gasteiger partial charge in [-0.2, -0.15) is 4.98 Å². The van der Waals surface area contributed by atoms with Gasteiger partial charge in [-0.3, -0.25) is 0 Å². The lowest BCUT2D eigenvalue weighted by atomic mass is 9.89. The summed E-state index contributed by atoms with van der Waals surface area (Å²) in [5, 5.41) is 0. The zero-order chi connectivity index (χ0) is 12.4. The molecule has 3 rings (SSSR count).